The number of hydrogen-bond acceptors (Lipinski definition) is 3. The van der Waals surface area contributed by atoms with Gasteiger partial charge in [0, 0.05) is 18.1 Å². The normalized spacial score (nSPS) is 12.3. The summed E-state index contributed by atoms with van der Waals surface area (Å²) >= 11 is 3.41. The molecule has 0 atom stereocenters. The molecule has 0 radical (unpaired) electrons. The van der Waals surface area contributed by atoms with Gasteiger partial charge >= 0.3 is 0 Å². The van der Waals surface area contributed by atoms with E-state index in [0.717, 1.165) is 21.5 Å². The Labute approximate surface area is 131 Å². The predicted octanol–water partition coefficient (Wildman–Crippen LogP) is 3.45. The molecular formula is C16H14BrNO3. The zero-order valence-electron chi connectivity index (χ0n) is 11.5. The number of carbonyl (C=O) groups is 1. The zero-order chi connectivity index (χ0) is 14.8. The molecule has 1 aliphatic rings. The summed E-state index contributed by atoms with van der Waals surface area (Å²) in [7, 11) is 1.78. The SMILES string of the molecule is CN(Cc1ccc2c(c1)OCO2)C(=O)c1ccccc1Br. The first-order valence-electron chi connectivity index (χ1n) is 6.53. The number of benzene rings is 2. The van der Waals surface area contributed by atoms with Crippen molar-refractivity contribution in [3.05, 3.63) is 58.1 Å². The molecule has 21 heavy (non-hydrogen) atoms. The van der Waals surface area contributed by atoms with Crippen LogP contribution in [0.15, 0.2) is 46.9 Å². The van der Waals surface area contributed by atoms with Gasteiger partial charge in [0.05, 0.1) is 5.56 Å². The van der Waals surface area contributed by atoms with Crippen LogP contribution in [0.25, 0.3) is 0 Å². The highest BCUT2D eigenvalue weighted by molar-refractivity contribution is 9.10. The number of hydrogen-bond donors (Lipinski definition) is 0. The summed E-state index contributed by atoms with van der Waals surface area (Å²) in [4.78, 5) is 14.1. The Hall–Kier alpha value is -2.01. The van der Waals surface area contributed by atoms with Gasteiger partial charge in [-0.15, -0.1) is 0 Å². The number of ether oxygens (including phenoxy) is 2. The summed E-state index contributed by atoms with van der Waals surface area (Å²) in [5.41, 5.74) is 1.66. The molecule has 0 saturated carbocycles. The van der Waals surface area contributed by atoms with Crippen molar-refractivity contribution in [1.82, 2.24) is 4.90 Å². The van der Waals surface area contributed by atoms with Crippen LogP contribution in [-0.2, 0) is 6.54 Å². The van der Waals surface area contributed by atoms with Gasteiger partial charge in [-0.3, -0.25) is 4.79 Å². The summed E-state index contributed by atoms with van der Waals surface area (Å²) in [5.74, 6) is 1.45. The number of nitrogens with zero attached hydrogens (tertiary/aromatic N) is 1. The van der Waals surface area contributed by atoms with Crippen LogP contribution in [0.2, 0.25) is 0 Å². The first-order valence-corrected chi connectivity index (χ1v) is 7.33. The molecule has 0 aliphatic carbocycles. The molecule has 108 valence electrons. The van der Waals surface area contributed by atoms with Crippen LogP contribution >= 0.6 is 15.9 Å². The number of halogens is 1. The zero-order valence-corrected chi connectivity index (χ0v) is 13.1. The van der Waals surface area contributed by atoms with Crippen molar-refractivity contribution in [2.24, 2.45) is 0 Å². The van der Waals surface area contributed by atoms with Crippen molar-refractivity contribution in [2.45, 2.75) is 6.54 Å². The molecule has 1 aliphatic heterocycles. The largest absolute Gasteiger partial charge is 0.454 e. The molecule has 0 bridgehead atoms. The van der Waals surface area contributed by atoms with Crippen molar-refractivity contribution in [2.75, 3.05) is 13.8 Å². The van der Waals surface area contributed by atoms with Gasteiger partial charge in [-0.25, -0.2) is 0 Å². The topological polar surface area (TPSA) is 38.8 Å². The quantitative estimate of drug-likeness (QED) is 0.853. The number of rotatable bonds is 3. The highest BCUT2D eigenvalue weighted by Gasteiger charge is 2.17. The second-order valence-electron chi connectivity index (χ2n) is 4.83. The summed E-state index contributed by atoms with van der Waals surface area (Å²) in [6, 6.07) is 13.1. The molecule has 0 spiro atoms. The van der Waals surface area contributed by atoms with Gasteiger partial charge in [0.2, 0.25) is 6.79 Å². The lowest BCUT2D eigenvalue weighted by molar-refractivity contribution is 0.0784. The van der Waals surface area contributed by atoms with Crippen LogP contribution in [0.5, 0.6) is 11.5 Å². The van der Waals surface area contributed by atoms with Crippen LogP contribution in [-0.4, -0.2) is 24.6 Å². The minimum atomic E-state index is -0.0276. The molecule has 1 amide bonds. The monoisotopic (exact) mass is 347 g/mol. The predicted molar refractivity (Wildman–Crippen MR) is 82.5 cm³/mol. The van der Waals surface area contributed by atoms with E-state index >= 15 is 0 Å². The van der Waals surface area contributed by atoms with Gasteiger partial charge in [0.1, 0.15) is 0 Å². The van der Waals surface area contributed by atoms with Crippen LogP contribution in [0.4, 0.5) is 0 Å². The molecule has 1 heterocycles. The van der Waals surface area contributed by atoms with Gasteiger partial charge < -0.3 is 14.4 Å². The number of fused-ring (bicyclic) bond motifs is 1. The Morgan fingerprint density at radius 2 is 1.95 bits per heavy atom. The third-order valence-electron chi connectivity index (χ3n) is 3.31. The number of amides is 1. The van der Waals surface area contributed by atoms with Crippen LogP contribution in [0.3, 0.4) is 0 Å². The first kappa shape index (κ1) is 13.9. The van der Waals surface area contributed by atoms with E-state index in [0.29, 0.717) is 12.1 Å². The Balaban J connectivity index is 1.76. The third-order valence-corrected chi connectivity index (χ3v) is 4.00. The fraction of sp³-hybridized carbons (Fsp3) is 0.188. The highest BCUT2D eigenvalue weighted by Crippen LogP contribution is 2.32. The molecule has 0 saturated heterocycles. The van der Waals surface area contributed by atoms with Gasteiger partial charge in [-0.05, 0) is 45.8 Å². The minimum absolute atomic E-state index is 0.0276. The van der Waals surface area contributed by atoms with E-state index in [-0.39, 0.29) is 12.7 Å². The van der Waals surface area contributed by atoms with Crippen molar-refractivity contribution in [1.29, 1.82) is 0 Å². The van der Waals surface area contributed by atoms with Gasteiger partial charge in [-0.1, -0.05) is 18.2 Å². The molecule has 0 N–H and O–H groups in total. The van der Waals surface area contributed by atoms with Gasteiger partial charge in [-0.2, -0.15) is 0 Å². The van der Waals surface area contributed by atoms with Crippen LogP contribution in [0.1, 0.15) is 15.9 Å². The maximum absolute atomic E-state index is 12.4. The molecule has 5 heteroatoms. The summed E-state index contributed by atoms with van der Waals surface area (Å²) in [6.45, 7) is 0.765. The average Bonchev–Trinajstić information content (AvgIpc) is 2.94. The molecule has 0 fully saturated rings. The molecule has 2 aromatic rings. The lowest BCUT2D eigenvalue weighted by atomic mass is 10.1. The lowest BCUT2D eigenvalue weighted by Gasteiger charge is -2.18. The maximum atomic E-state index is 12.4. The van der Waals surface area contributed by atoms with E-state index in [9.17, 15) is 4.79 Å². The number of carbonyl (C=O) groups excluding carboxylic acids is 1. The molecular weight excluding hydrogens is 334 g/mol. The fourth-order valence-corrected chi connectivity index (χ4v) is 2.68. The van der Waals surface area contributed by atoms with E-state index < -0.39 is 0 Å². The van der Waals surface area contributed by atoms with Crippen molar-refractivity contribution < 1.29 is 14.3 Å². The smallest absolute Gasteiger partial charge is 0.255 e. The standard InChI is InChI=1S/C16H14BrNO3/c1-18(16(19)12-4-2-3-5-13(12)17)9-11-6-7-14-15(8-11)21-10-20-14/h2-8H,9-10H2,1H3. The molecule has 2 aromatic carbocycles. The maximum Gasteiger partial charge on any atom is 0.255 e. The third kappa shape index (κ3) is 2.88. The summed E-state index contributed by atoms with van der Waals surface area (Å²) in [5, 5.41) is 0. The second kappa shape index (κ2) is 5.77. The summed E-state index contributed by atoms with van der Waals surface area (Å²) in [6.07, 6.45) is 0. The van der Waals surface area contributed by atoms with E-state index in [1.807, 2.05) is 42.5 Å². The van der Waals surface area contributed by atoms with Gasteiger partial charge in [0.15, 0.2) is 11.5 Å². The van der Waals surface area contributed by atoms with E-state index in [1.165, 1.54) is 0 Å². The molecule has 3 rings (SSSR count). The van der Waals surface area contributed by atoms with E-state index in [2.05, 4.69) is 15.9 Å². The Morgan fingerprint density at radius 3 is 2.76 bits per heavy atom. The van der Waals surface area contributed by atoms with Gasteiger partial charge in [0.25, 0.3) is 5.91 Å². The fourth-order valence-electron chi connectivity index (χ4n) is 2.23. The lowest BCUT2D eigenvalue weighted by Crippen LogP contribution is -2.26. The van der Waals surface area contributed by atoms with Crippen LogP contribution < -0.4 is 9.47 Å². The van der Waals surface area contributed by atoms with Crippen LogP contribution in [0, 0.1) is 0 Å². The Bertz CT molecular complexity index is 687. The summed E-state index contributed by atoms with van der Waals surface area (Å²) < 4.78 is 11.4. The van der Waals surface area contributed by atoms with Crippen molar-refractivity contribution >= 4 is 21.8 Å². The molecule has 0 unspecified atom stereocenters. The van der Waals surface area contributed by atoms with E-state index in [4.69, 9.17) is 9.47 Å². The minimum Gasteiger partial charge on any atom is -0.454 e. The average molecular weight is 348 g/mol. The second-order valence-corrected chi connectivity index (χ2v) is 5.68. The molecule has 0 aromatic heterocycles. The van der Waals surface area contributed by atoms with Crippen molar-refractivity contribution in [3.63, 3.8) is 0 Å². The van der Waals surface area contributed by atoms with E-state index in [1.54, 1.807) is 11.9 Å². The Morgan fingerprint density at radius 1 is 1.19 bits per heavy atom. The molecule has 4 nitrogen and oxygen atoms in total. The Kier molecular flexibility index (Phi) is 3.84. The van der Waals surface area contributed by atoms with Crippen molar-refractivity contribution in [3.8, 4) is 11.5 Å². The highest BCUT2D eigenvalue weighted by atomic mass is 79.9. The first-order chi connectivity index (χ1) is 10.1.